The molecule has 0 bridgehead atoms. The molecule has 1 rings (SSSR count). The van der Waals surface area contributed by atoms with Crippen LogP contribution in [0.3, 0.4) is 0 Å². The molecule has 0 fully saturated rings. The van der Waals surface area contributed by atoms with Crippen molar-refractivity contribution in [1.29, 1.82) is 0 Å². The summed E-state index contributed by atoms with van der Waals surface area (Å²) in [6.07, 6.45) is 0. The summed E-state index contributed by atoms with van der Waals surface area (Å²) in [6.45, 7) is 0.418. The molecule has 96 valence electrons. The van der Waals surface area contributed by atoms with Crippen LogP contribution in [0, 0.1) is 0 Å². The fourth-order valence-electron chi connectivity index (χ4n) is 1.00. The van der Waals surface area contributed by atoms with Crippen molar-refractivity contribution in [3.63, 3.8) is 0 Å². The first-order valence-corrected chi connectivity index (χ1v) is 8.12. The Bertz CT molecular complexity index is 456. The molecule has 0 saturated heterocycles. The van der Waals surface area contributed by atoms with Gasteiger partial charge in [0.25, 0.3) is 0 Å². The number of nitrogens with zero attached hydrogens (tertiary/aromatic N) is 2. The van der Waals surface area contributed by atoms with Crippen LogP contribution in [0.1, 0.15) is 5.69 Å². The second kappa shape index (κ2) is 6.94. The van der Waals surface area contributed by atoms with Crippen molar-refractivity contribution in [3.8, 4) is 0 Å². The molecule has 1 heterocycles. The fraction of sp³-hybridized carbons (Fsp3) is 0.500. The van der Waals surface area contributed by atoms with E-state index in [-0.39, 0.29) is 0 Å². The predicted octanol–water partition coefficient (Wildman–Crippen LogP) is 0.839. The van der Waals surface area contributed by atoms with Gasteiger partial charge in [-0.2, -0.15) is 24.6 Å². The van der Waals surface area contributed by atoms with Crippen LogP contribution >= 0.6 is 23.3 Å². The molecule has 0 amide bonds. The lowest BCUT2D eigenvalue weighted by Crippen LogP contribution is -2.32. The molecule has 1 aromatic rings. The maximum absolute atomic E-state index is 10.8. The van der Waals surface area contributed by atoms with Gasteiger partial charge in [-0.3, -0.25) is 9.55 Å². The standard InChI is InChI=1S/C8H13N3O3S3/c1-9-8(17(12,13)14)10-3-5-15-6-7-2-4-16-11-7/h2,4H,3,5-6H2,1H3,(H,9,10)(H,12,13,14). The zero-order valence-electron chi connectivity index (χ0n) is 9.16. The van der Waals surface area contributed by atoms with E-state index in [1.54, 1.807) is 11.8 Å². The number of nitrogens with one attached hydrogen (secondary N) is 1. The van der Waals surface area contributed by atoms with Gasteiger partial charge in [-0.1, -0.05) is 0 Å². The number of hydrogen-bond donors (Lipinski definition) is 2. The Kier molecular flexibility index (Phi) is 5.89. The molecular weight excluding hydrogens is 282 g/mol. The van der Waals surface area contributed by atoms with Gasteiger partial charge in [-0.15, -0.1) is 0 Å². The topological polar surface area (TPSA) is 91.7 Å². The number of aromatic nitrogens is 1. The van der Waals surface area contributed by atoms with Gasteiger partial charge in [0.2, 0.25) is 5.17 Å². The fourth-order valence-corrected chi connectivity index (χ4v) is 2.90. The first-order valence-electron chi connectivity index (χ1n) is 4.69. The number of aliphatic imine (C=N–C) groups is 1. The van der Waals surface area contributed by atoms with E-state index < -0.39 is 15.3 Å². The van der Waals surface area contributed by atoms with Gasteiger partial charge in [0.05, 0.1) is 5.69 Å². The lowest BCUT2D eigenvalue weighted by atomic mass is 10.5. The second-order valence-electron chi connectivity index (χ2n) is 2.97. The van der Waals surface area contributed by atoms with Crippen LogP contribution in [0.5, 0.6) is 0 Å². The monoisotopic (exact) mass is 295 g/mol. The van der Waals surface area contributed by atoms with Crippen molar-refractivity contribution < 1.29 is 13.0 Å². The summed E-state index contributed by atoms with van der Waals surface area (Å²) in [5, 5.41) is 4.08. The Balaban J connectivity index is 2.20. The molecule has 9 heteroatoms. The van der Waals surface area contributed by atoms with E-state index in [2.05, 4.69) is 14.7 Å². The molecule has 0 unspecified atom stereocenters. The molecule has 1 aromatic heterocycles. The summed E-state index contributed by atoms with van der Waals surface area (Å²) in [5.74, 6) is 1.49. The summed E-state index contributed by atoms with van der Waals surface area (Å²) < 4.78 is 34.4. The van der Waals surface area contributed by atoms with Crippen molar-refractivity contribution in [1.82, 2.24) is 9.69 Å². The lowest BCUT2D eigenvalue weighted by Gasteiger charge is -2.05. The van der Waals surface area contributed by atoms with E-state index in [1.165, 1.54) is 18.6 Å². The third kappa shape index (κ3) is 5.48. The molecule has 0 aliphatic carbocycles. The Hall–Kier alpha value is -0.640. The highest BCUT2D eigenvalue weighted by Crippen LogP contribution is 2.10. The van der Waals surface area contributed by atoms with Crippen LogP contribution in [0.2, 0.25) is 0 Å². The van der Waals surface area contributed by atoms with E-state index in [0.29, 0.717) is 12.3 Å². The predicted molar refractivity (Wildman–Crippen MR) is 71.2 cm³/mol. The van der Waals surface area contributed by atoms with Gasteiger partial charge in [0.1, 0.15) is 0 Å². The molecule has 17 heavy (non-hydrogen) atoms. The third-order valence-corrected chi connectivity index (χ3v) is 4.12. The van der Waals surface area contributed by atoms with Crippen molar-refractivity contribution in [2.24, 2.45) is 4.99 Å². The first kappa shape index (κ1) is 14.4. The average Bonchev–Trinajstić information content (AvgIpc) is 2.74. The van der Waals surface area contributed by atoms with Crippen molar-refractivity contribution in [2.75, 3.05) is 19.3 Å². The number of rotatable bonds is 5. The van der Waals surface area contributed by atoms with Gasteiger partial charge in [-0.05, 0) is 17.6 Å². The van der Waals surface area contributed by atoms with Crippen LogP contribution in [-0.4, -0.2) is 41.9 Å². The van der Waals surface area contributed by atoms with Crippen LogP contribution in [-0.2, 0) is 15.9 Å². The Morgan fingerprint density at radius 2 is 2.47 bits per heavy atom. The molecule has 2 N–H and O–H groups in total. The molecule has 6 nitrogen and oxygen atoms in total. The van der Waals surface area contributed by atoms with Crippen LogP contribution in [0.15, 0.2) is 16.4 Å². The Morgan fingerprint density at radius 3 is 3.00 bits per heavy atom. The molecule has 0 spiro atoms. The zero-order chi connectivity index (χ0) is 12.7. The maximum atomic E-state index is 10.8. The van der Waals surface area contributed by atoms with E-state index in [0.717, 1.165) is 11.4 Å². The van der Waals surface area contributed by atoms with Gasteiger partial charge >= 0.3 is 10.1 Å². The zero-order valence-corrected chi connectivity index (χ0v) is 11.6. The maximum Gasteiger partial charge on any atom is 0.327 e. The van der Waals surface area contributed by atoms with Crippen LogP contribution < -0.4 is 5.32 Å². The van der Waals surface area contributed by atoms with Crippen LogP contribution in [0.4, 0.5) is 0 Å². The van der Waals surface area contributed by atoms with Crippen molar-refractivity contribution in [3.05, 3.63) is 17.1 Å². The normalized spacial score (nSPS) is 12.7. The summed E-state index contributed by atoms with van der Waals surface area (Å²) in [5.41, 5.74) is 1.01. The summed E-state index contributed by atoms with van der Waals surface area (Å²) in [4.78, 5) is 3.45. The molecule has 0 aliphatic rings. The highest BCUT2D eigenvalue weighted by atomic mass is 32.2. The van der Waals surface area contributed by atoms with E-state index in [9.17, 15) is 8.42 Å². The quantitative estimate of drug-likeness (QED) is 0.362. The summed E-state index contributed by atoms with van der Waals surface area (Å²) in [6, 6.07) is 1.95. The van der Waals surface area contributed by atoms with E-state index in [1.807, 2.05) is 11.4 Å². The highest BCUT2D eigenvalue weighted by molar-refractivity contribution is 8.01. The first-order chi connectivity index (χ1) is 8.04. The van der Waals surface area contributed by atoms with Gasteiger partial charge in [0, 0.05) is 30.5 Å². The van der Waals surface area contributed by atoms with E-state index >= 15 is 0 Å². The molecule has 0 aromatic carbocycles. The molecule has 0 atom stereocenters. The third-order valence-electron chi connectivity index (χ3n) is 1.71. The van der Waals surface area contributed by atoms with Crippen LogP contribution in [0.25, 0.3) is 0 Å². The summed E-state index contributed by atoms with van der Waals surface area (Å²) >= 11 is 3.03. The smallest absolute Gasteiger partial charge is 0.327 e. The van der Waals surface area contributed by atoms with E-state index in [4.69, 9.17) is 4.55 Å². The average molecular weight is 295 g/mol. The second-order valence-corrected chi connectivity index (χ2v) is 6.08. The van der Waals surface area contributed by atoms with Gasteiger partial charge in [0.15, 0.2) is 0 Å². The number of hydrogen-bond acceptors (Lipinski definition) is 6. The van der Waals surface area contributed by atoms with Crippen molar-refractivity contribution >= 4 is 38.6 Å². The highest BCUT2D eigenvalue weighted by Gasteiger charge is 2.13. The minimum Gasteiger partial charge on any atom is -0.358 e. The number of amidine groups is 1. The molecular formula is C8H13N3O3S3. The molecule has 0 radical (unpaired) electrons. The van der Waals surface area contributed by atoms with Gasteiger partial charge in [-0.25, -0.2) is 0 Å². The van der Waals surface area contributed by atoms with Crippen molar-refractivity contribution in [2.45, 2.75) is 5.75 Å². The minimum absolute atomic E-state index is 0.397. The lowest BCUT2D eigenvalue weighted by molar-refractivity contribution is 0.496. The minimum atomic E-state index is -4.23. The Labute approximate surface area is 108 Å². The number of thioether (sulfide) groups is 1. The SMILES string of the molecule is CN=C(NCCSCc1ccsn1)S(=O)(=O)O. The summed E-state index contributed by atoms with van der Waals surface area (Å²) in [7, 11) is -2.92. The largest absolute Gasteiger partial charge is 0.358 e. The van der Waals surface area contributed by atoms with Gasteiger partial charge < -0.3 is 5.32 Å². The molecule has 0 saturated carbocycles. The Morgan fingerprint density at radius 1 is 1.71 bits per heavy atom. The molecule has 0 aliphatic heterocycles.